The molecule has 2 aromatic rings. The van der Waals surface area contributed by atoms with E-state index in [0.717, 1.165) is 21.2 Å². The van der Waals surface area contributed by atoms with Crippen molar-refractivity contribution in [1.82, 2.24) is 5.32 Å². The highest BCUT2D eigenvalue weighted by molar-refractivity contribution is 9.10. The lowest BCUT2D eigenvalue weighted by Gasteiger charge is -2.17. The van der Waals surface area contributed by atoms with Crippen LogP contribution in [0.1, 0.15) is 5.56 Å². The summed E-state index contributed by atoms with van der Waals surface area (Å²) < 4.78 is 28.0. The first kappa shape index (κ1) is 16.5. The van der Waals surface area contributed by atoms with Gasteiger partial charge in [0, 0.05) is 21.2 Å². The fourth-order valence-electron chi connectivity index (χ4n) is 1.97. The summed E-state index contributed by atoms with van der Waals surface area (Å²) in [6.07, 6.45) is 0.456. The summed E-state index contributed by atoms with van der Waals surface area (Å²) in [6.45, 7) is 0. The Morgan fingerprint density at radius 1 is 1.14 bits per heavy atom. The van der Waals surface area contributed by atoms with E-state index in [1.165, 1.54) is 0 Å². The zero-order valence-corrected chi connectivity index (χ0v) is 14.0. The van der Waals surface area contributed by atoms with Crippen molar-refractivity contribution in [2.45, 2.75) is 17.4 Å². The molecule has 0 radical (unpaired) electrons. The molecule has 1 unspecified atom stereocenters. The van der Waals surface area contributed by atoms with Crippen LogP contribution in [0.25, 0.3) is 0 Å². The Bertz CT molecular complexity index is 607. The molecule has 0 aromatic heterocycles. The lowest BCUT2D eigenvalue weighted by atomic mass is 10.1. The summed E-state index contributed by atoms with van der Waals surface area (Å²) in [5.74, 6) is -0.765. The number of likely N-dealkylation sites (N-methyl/N-ethyl adjacent to an activating group) is 1. The first-order valence-corrected chi connectivity index (χ1v) is 8.37. The van der Waals surface area contributed by atoms with Crippen molar-refractivity contribution < 1.29 is 8.78 Å². The maximum Gasteiger partial charge on any atom is 0.162 e. The quantitative estimate of drug-likeness (QED) is 0.741. The molecule has 0 bridgehead atoms. The van der Waals surface area contributed by atoms with Crippen LogP contribution < -0.4 is 5.32 Å². The van der Waals surface area contributed by atoms with Crippen molar-refractivity contribution in [2.24, 2.45) is 0 Å². The molecule has 0 saturated heterocycles. The lowest BCUT2D eigenvalue weighted by Crippen LogP contribution is -2.30. The normalized spacial score (nSPS) is 12.4. The minimum Gasteiger partial charge on any atom is -0.316 e. The topological polar surface area (TPSA) is 12.0 Å². The molecule has 21 heavy (non-hydrogen) atoms. The third-order valence-electron chi connectivity index (χ3n) is 3.18. The first-order valence-electron chi connectivity index (χ1n) is 6.59. The molecule has 0 fully saturated rings. The van der Waals surface area contributed by atoms with E-state index in [4.69, 9.17) is 0 Å². The number of halogens is 3. The molecule has 0 aliphatic carbocycles. The number of rotatable bonds is 6. The highest BCUT2D eigenvalue weighted by Crippen LogP contribution is 2.28. The third-order valence-corrected chi connectivity index (χ3v) is 5.37. The molecule has 0 aliphatic rings. The van der Waals surface area contributed by atoms with Crippen LogP contribution in [-0.2, 0) is 6.42 Å². The van der Waals surface area contributed by atoms with Crippen LogP contribution in [-0.4, -0.2) is 18.8 Å². The Labute approximate surface area is 136 Å². The summed E-state index contributed by atoms with van der Waals surface area (Å²) in [5.41, 5.74) is 0.405. The lowest BCUT2D eigenvalue weighted by molar-refractivity contribution is 0.490. The van der Waals surface area contributed by atoms with Crippen molar-refractivity contribution in [1.29, 1.82) is 0 Å². The van der Waals surface area contributed by atoms with E-state index in [1.54, 1.807) is 23.9 Å². The van der Waals surface area contributed by atoms with Gasteiger partial charge in [0.2, 0.25) is 0 Å². The van der Waals surface area contributed by atoms with Gasteiger partial charge in [-0.1, -0.05) is 24.3 Å². The van der Waals surface area contributed by atoms with Crippen LogP contribution in [0.2, 0.25) is 0 Å². The van der Waals surface area contributed by atoms with Crippen molar-refractivity contribution in [3.63, 3.8) is 0 Å². The van der Waals surface area contributed by atoms with Gasteiger partial charge in [0.1, 0.15) is 0 Å². The molecule has 0 heterocycles. The van der Waals surface area contributed by atoms with Crippen LogP contribution in [0, 0.1) is 11.6 Å². The molecule has 0 amide bonds. The first-order chi connectivity index (χ1) is 10.1. The van der Waals surface area contributed by atoms with Crippen LogP contribution in [0.4, 0.5) is 8.78 Å². The van der Waals surface area contributed by atoms with Crippen molar-refractivity contribution in [2.75, 3.05) is 12.8 Å². The van der Waals surface area contributed by atoms with Crippen molar-refractivity contribution >= 4 is 27.7 Å². The third kappa shape index (κ3) is 4.53. The Hall–Kier alpha value is -0.910. The standard InChI is InChI=1S/C16H16BrF2NS/c1-20-12(9-11-5-4-7-14(18)16(11)19)10-21-15-8-3-2-6-13(15)17/h2-8,12,20H,9-10H2,1H3. The van der Waals surface area contributed by atoms with Gasteiger partial charge in [0.05, 0.1) is 0 Å². The summed E-state index contributed by atoms with van der Waals surface area (Å²) in [6, 6.07) is 12.3. The molecule has 2 aromatic carbocycles. The number of thioether (sulfide) groups is 1. The molecule has 0 spiro atoms. The largest absolute Gasteiger partial charge is 0.316 e. The molecule has 0 aliphatic heterocycles. The van der Waals surface area contributed by atoms with Crippen molar-refractivity contribution in [3.05, 3.63) is 64.1 Å². The number of benzene rings is 2. The SMILES string of the molecule is CNC(CSc1ccccc1Br)Cc1cccc(F)c1F. The molecular weight excluding hydrogens is 356 g/mol. The molecule has 5 heteroatoms. The number of hydrogen-bond acceptors (Lipinski definition) is 2. The van der Waals surface area contributed by atoms with Crippen molar-refractivity contribution in [3.8, 4) is 0 Å². The van der Waals surface area contributed by atoms with Gasteiger partial charge in [-0.25, -0.2) is 8.78 Å². The zero-order chi connectivity index (χ0) is 15.2. The Kier molecular flexibility index (Phi) is 6.21. The molecule has 2 rings (SSSR count). The fourth-order valence-corrected chi connectivity index (χ4v) is 3.64. The van der Waals surface area contributed by atoms with E-state index in [9.17, 15) is 8.78 Å². The maximum absolute atomic E-state index is 13.7. The summed E-state index contributed by atoms with van der Waals surface area (Å²) in [7, 11) is 1.84. The van der Waals surface area contributed by atoms with Gasteiger partial charge in [0.25, 0.3) is 0 Å². The summed E-state index contributed by atoms with van der Waals surface area (Å²) in [5, 5.41) is 3.16. The average Bonchev–Trinajstić information content (AvgIpc) is 2.49. The number of hydrogen-bond donors (Lipinski definition) is 1. The molecule has 112 valence electrons. The van der Waals surface area contributed by atoms with Crippen LogP contribution in [0.5, 0.6) is 0 Å². The second-order valence-corrected chi connectivity index (χ2v) is 6.56. The van der Waals surface area contributed by atoms with Gasteiger partial charge < -0.3 is 5.32 Å². The van der Waals surface area contributed by atoms with Crippen LogP contribution >= 0.6 is 27.7 Å². The van der Waals surface area contributed by atoms with E-state index in [2.05, 4.69) is 21.2 Å². The van der Waals surface area contributed by atoms with Gasteiger partial charge in [-0.05, 0) is 53.2 Å². The molecule has 1 atom stereocenters. The van der Waals surface area contributed by atoms with E-state index in [-0.39, 0.29) is 6.04 Å². The highest BCUT2D eigenvalue weighted by atomic mass is 79.9. The minimum atomic E-state index is -0.791. The van der Waals surface area contributed by atoms with Gasteiger partial charge in [-0.2, -0.15) is 0 Å². The van der Waals surface area contributed by atoms with Gasteiger partial charge in [0.15, 0.2) is 11.6 Å². The second kappa shape index (κ2) is 7.92. The summed E-state index contributed by atoms with van der Waals surface area (Å²) >= 11 is 5.19. The van der Waals surface area contributed by atoms with Crippen LogP contribution in [0.15, 0.2) is 51.8 Å². The highest BCUT2D eigenvalue weighted by Gasteiger charge is 2.14. The van der Waals surface area contributed by atoms with Gasteiger partial charge in [-0.3, -0.25) is 0 Å². The van der Waals surface area contributed by atoms with Gasteiger partial charge >= 0.3 is 0 Å². The molecule has 0 saturated carbocycles. The van der Waals surface area contributed by atoms with E-state index >= 15 is 0 Å². The Balaban J connectivity index is 2.01. The van der Waals surface area contributed by atoms with E-state index in [1.807, 2.05) is 31.3 Å². The molecule has 1 N–H and O–H groups in total. The minimum absolute atomic E-state index is 0.0680. The fraction of sp³-hybridized carbons (Fsp3) is 0.250. The summed E-state index contributed by atoms with van der Waals surface area (Å²) in [4.78, 5) is 1.14. The zero-order valence-electron chi connectivity index (χ0n) is 11.6. The average molecular weight is 372 g/mol. The number of nitrogens with one attached hydrogen (secondary N) is 1. The molecule has 1 nitrogen and oxygen atoms in total. The molecular formula is C16H16BrF2NS. The van der Waals surface area contributed by atoms with E-state index < -0.39 is 11.6 Å². The van der Waals surface area contributed by atoms with Crippen LogP contribution in [0.3, 0.4) is 0 Å². The Morgan fingerprint density at radius 3 is 2.62 bits per heavy atom. The van der Waals surface area contributed by atoms with E-state index in [0.29, 0.717) is 12.0 Å². The predicted molar refractivity (Wildman–Crippen MR) is 87.8 cm³/mol. The predicted octanol–water partition coefficient (Wildman–Crippen LogP) is 4.65. The maximum atomic E-state index is 13.7. The second-order valence-electron chi connectivity index (χ2n) is 4.64. The van der Waals surface area contributed by atoms with Gasteiger partial charge in [-0.15, -0.1) is 11.8 Å². The monoisotopic (exact) mass is 371 g/mol. The Morgan fingerprint density at radius 2 is 1.90 bits per heavy atom. The smallest absolute Gasteiger partial charge is 0.162 e.